The predicted molar refractivity (Wildman–Crippen MR) is 135 cm³/mol. The lowest BCUT2D eigenvalue weighted by Gasteiger charge is -2.16. The maximum atomic E-state index is 13.2. The number of hydrogen-bond donors (Lipinski definition) is 2. The number of hydrogen-bond acceptors (Lipinski definition) is 6. The first-order chi connectivity index (χ1) is 17.8. The van der Waals surface area contributed by atoms with Crippen molar-refractivity contribution in [3.63, 3.8) is 0 Å². The Morgan fingerprint density at radius 2 is 1.58 bits per heavy atom. The maximum absolute atomic E-state index is 13.2. The van der Waals surface area contributed by atoms with Crippen molar-refractivity contribution in [2.75, 3.05) is 5.32 Å². The molecule has 0 aliphatic carbocycles. The molecule has 0 saturated carbocycles. The number of nitrogens with one attached hydrogen (secondary N) is 2. The van der Waals surface area contributed by atoms with E-state index in [0.717, 1.165) is 0 Å². The minimum absolute atomic E-state index is 0. The quantitative estimate of drug-likeness (QED) is 0.127. The largest absolute Gasteiger partial charge is 1.00 e. The minimum atomic E-state index is -0.809. The molecule has 2 N–H and O–H groups in total. The van der Waals surface area contributed by atoms with Crippen LogP contribution in [0.4, 0.5) is 5.69 Å². The molecule has 11 nitrogen and oxygen atoms in total. The predicted octanol–water partition coefficient (Wildman–Crippen LogP) is -1.11. The van der Waals surface area contributed by atoms with Crippen molar-refractivity contribution in [2.24, 2.45) is 5.10 Å². The third kappa shape index (κ3) is 6.26. The van der Waals surface area contributed by atoms with Crippen LogP contribution in [0, 0.1) is 17.0 Å². The van der Waals surface area contributed by atoms with E-state index in [9.17, 15) is 24.5 Å². The van der Waals surface area contributed by atoms with E-state index in [-0.39, 0.29) is 41.4 Å². The molecule has 194 valence electrons. The third-order valence-electron chi connectivity index (χ3n) is 5.47. The molecule has 38 heavy (non-hydrogen) atoms. The summed E-state index contributed by atoms with van der Waals surface area (Å²) in [5.74, 6) is -2.10. The van der Waals surface area contributed by atoms with E-state index in [4.69, 9.17) is 0 Å². The van der Waals surface area contributed by atoms with Gasteiger partial charge in [-0.2, -0.15) is 9.67 Å². The van der Waals surface area contributed by atoms with Gasteiger partial charge in [0, 0.05) is 28.8 Å². The van der Waals surface area contributed by atoms with Gasteiger partial charge >= 0.3 is 11.6 Å². The van der Waals surface area contributed by atoms with Crippen LogP contribution in [0.15, 0.2) is 90.3 Å². The topological polar surface area (TPSA) is 142 Å². The highest BCUT2D eigenvalue weighted by atomic mass is 35.5. The molecule has 0 saturated heterocycles. The molecule has 0 radical (unpaired) electrons. The number of pyridine rings is 1. The van der Waals surface area contributed by atoms with Crippen LogP contribution in [0.2, 0.25) is 0 Å². The molecule has 2 heterocycles. The van der Waals surface area contributed by atoms with Gasteiger partial charge in [0.15, 0.2) is 12.4 Å². The molecule has 2 amide bonds. The van der Waals surface area contributed by atoms with Crippen LogP contribution < -0.4 is 32.1 Å². The van der Waals surface area contributed by atoms with Crippen LogP contribution in [0.1, 0.15) is 22.6 Å². The Labute approximate surface area is 223 Å². The zero-order valence-corrected chi connectivity index (χ0v) is 21.0. The zero-order valence-electron chi connectivity index (χ0n) is 20.2. The molecule has 4 aromatic rings. The normalized spacial score (nSPS) is 10.9. The summed E-state index contributed by atoms with van der Waals surface area (Å²) in [6, 6.07) is 19.8. The first-order valence-corrected chi connectivity index (χ1v) is 11.3. The maximum Gasteiger partial charge on any atom is 0.325 e. The Morgan fingerprint density at radius 1 is 0.947 bits per heavy atom. The van der Waals surface area contributed by atoms with Crippen molar-refractivity contribution in [2.45, 2.75) is 19.9 Å². The second kappa shape index (κ2) is 12.4. The van der Waals surface area contributed by atoms with E-state index in [1.165, 1.54) is 19.1 Å². The number of benzene rings is 2. The summed E-state index contributed by atoms with van der Waals surface area (Å²) in [5, 5.41) is 19.2. The van der Waals surface area contributed by atoms with Crippen LogP contribution >= 0.6 is 0 Å². The highest BCUT2D eigenvalue weighted by Crippen LogP contribution is 2.15. The van der Waals surface area contributed by atoms with Crippen LogP contribution in [0.5, 0.6) is 0 Å². The Kier molecular flexibility index (Phi) is 9.01. The van der Waals surface area contributed by atoms with Crippen molar-refractivity contribution >= 4 is 40.0 Å². The van der Waals surface area contributed by atoms with Crippen LogP contribution in [-0.2, 0) is 16.1 Å². The molecule has 0 unspecified atom stereocenters. The van der Waals surface area contributed by atoms with E-state index in [0.29, 0.717) is 14.8 Å². The van der Waals surface area contributed by atoms with Crippen LogP contribution in [-0.4, -0.2) is 28.0 Å². The second-order valence-electron chi connectivity index (χ2n) is 8.07. The van der Waals surface area contributed by atoms with Gasteiger partial charge in [0.05, 0.1) is 16.5 Å². The van der Waals surface area contributed by atoms with Gasteiger partial charge in [-0.15, -0.1) is 0 Å². The molecule has 4 rings (SSSR count). The summed E-state index contributed by atoms with van der Waals surface area (Å²) in [7, 11) is 0. The van der Waals surface area contributed by atoms with Crippen LogP contribution in [0.3, 0.4) is 0 Å². The third-order valence-corrected chi connectivity index (χ3v) is 5.47. The summed E-state index contributed by atoms with van der Waals surface area (Å²) in [6.45, 7) is 1.27. The number of rotatable bonds is 8. The molecule has 0 spiro atoms. The highest BCUT2D eigenvalue weighted by molar-refractivity contribution is 6.46. The Morgan fingerprint density at radius 3 is 2.29 bits per heavy atom. The van der Waals surface area contributed by atoms with Crippen molar-refractivity contribution in [1.82, 2.24) is 10.2 Å². The van der Waals surface area contributed by atoms with E-state index >= 15 is 0 Å². The lowest BCUT2D eigenvalue weighted by molar-refractivity contribution is -0.684. The first-order valence-electron chi connectivity index (χ1n) is 11.3. The summed E-state index contributed by atoms with van der Waals surface area (Å²) in [4.78, 5) is 51.6. The first kappa shape index (κ1) is 27.7. The summed E-state index contributed by atoms with van der Waals surface area (Å²) >= 11 is 0. The van der Waals surface area contributed by atoms with Gasteiger partial charge in [0.1, 0.15) is 11.2 Å². The number of hydrazone groups is 1. The average Bonchev–Trinajstić information content (AvgIpc) is 2.91. The number of para-hydroxylation sites is 3. The molecule has 2 aromatic heterocycles. The number of anilines is 1. The van der Waals surface area contributed by atoms with Crippen LogP contribution in [0.25, 0.3) is 11.0 Å². The van der Waals surface area contributed by atoms with E-state index in [1.54, 1.807) is 77.6 Å². The smallest absolute Gasteiger partial charge is 0.325 e. The Hall–Kier alpha value is -4.90. The molecular formula is C26H23ClN6O5. The number of Topliss-reactive ketones (excluding diaryl/α,β-unsaturated/α-hetero) is 1. The van der Waals surface area contributed by atoms with Gasteiger partial charge in [-0.05, 0) is 25.1 Å². The number of aromatic nitrogens is 3. The van der Waals surface area contributed by atoms with Crippen molar-refractivity contribution in [1.29, 1.82) is 0 Å². The van der Waals surface area contributed by atoms with Gasteiger partial charge < -0.3 is 27.7 Å². The highest BCUT2D eigenvalue weighted by Gasteiger charge is 2.29. The number of carbonyl (C=O) groups excluding carboxylic acids is 3. The van der Waals surface area contributed by atoms with E-state index in [1.807, 2.05) is 0 Å². The summed E-state index contributed by atoms with van der Waals surface area (Å²) in [5.41, 5.74) is 1.96. The number of carbonyl (C=O) groups is 3. The van der Waals surface area contributed by atoms with Gasteiger partial charge in [-0.1, -0.05) is 36.4 Å². The van der Waals surface area contributed by atoms with E-state index < -0.39 is 29.7 Å². The molecule has 0 aliphatic heterocycles. The fourth-order valence-electron chi connectivity index (χ4n) is 3.67. The number of amides is 2. The Balaban J connectivity index is 0.00000400. The molecule has 2 aromatic carbocycles. The van der Waals surface area contributed by atoms with E-state index in [2.05, 4.69) is 15.8 Å². The molecule has 0 fully saturated rings. The number of nitrogens with zero attached hydrogens (tertiary/aromatic N) is 4. The van der Waals surface area contributed by atoms with Gasteiger partial charge in [-0.3, -0.25) is 14.4 Å². The number of halogens is 1. The minimum Gasteiger partial charge on any atom is -1.00 e. The fourth-order valence-corrected chi connectivity index (χ4v) is 3.67. The fraction of sp³-hybridized carbons (Fsp3) is 0.115. The zero-order chi connectivity index (χ0) is 26.4. The molecule has 12 heteroatoms. The summed E-state index contributed by atoms with van der Waals surface area (Å²) < 4.78 is 2.47. The van der Waals surface area contributed by atoms with Crippen molar-refractivity contribution < 1.29 is 35.8 Å². The molecular weight excluding hydrogens is 512 g/mol. The number of fused-ring (bicyclic) bond motifs is 1. The summed E-state index contributed by atoms with van der Waals surface area (Å²) in [6.07, 6.45) is 2.73. The molecule has 0 bridgehead atoms. The van der Waals surface area contributed by atoms with Crippen molar-refractivity contribution in [3.8, 4) is 0 Å². The monoisotopic (exact) mass is 534 g/mol. The molecule has 0 aliphatic rings. The lowest BCUT2D eigenvalue weighted by Crippen LogP contribution is -3.00. The SMILES string of the molecule is Cc1c(C(=O)C/C(=N/NC(=O)C[n+]2ccccc2)C(=O)Nc2ccccc2)[n+](=O)c2ccccc2n1[O-].[Cl-]. The Bertz CT molecular complexity index is 1570. The van der Waals surface area contributed by atoms with Gasteiger partial charge in [0.2, 0.25) is 12.3 Å². The van der Waals surface area contributed by atoms with Crippen molar-refractivity contribution in [3.05, 3.63) is 107 Å². The lowest BCUT2D eigenvalue weighted by atomic mass is 10.1. The molecule has 0 atom stereocenters. The number of ketones is 1. The average molecular weight is 535 g/mol. The van der Waals surface area contributed by atoms with Gasteiger partial charge in [-0.25, -0.2) is 5.43 Å². The second-order valence-corrected chi connectivity index (χ2v) is 8.07. The van der Waals surface area contributed by atoms with Gasteiger partial charge in [0.25, 0.3) is 11.4 Å². The standard InChI is InChI=1S/C26H22N6O5.ClH/c1-18-25(32(37)22-13-7-6-12-21(22)31(18)36)23(33)16-20(26(35)27-19-10-4-2-5-11-19)28-29-24(34)17-30-14-8-3-9-15-30;/h2-15H,16-17H2,1H3,(H-,27,29,34,35);1H.